The largest absolute Gasteiger partial charge is 0.486 e. The quantitative estimate of drug-likeness (QED) is 0.186. The fourth-order valence-electron chi connectivity index (χ4n) is 5.38. The van der Waals surface area contributed by atoms with Crippen LogP contribution in [0.15, 0.2) is 46.9 Å². The number of aliphatic imine (C=N–C) groups is 2. The molecule has 2 unspecified atom stereocenters. The highest BCUT2D eigenvalue weighted by atomic mass is 35.5. The number of nitrogens with one attached hydrogen (secondary N) is 1. The minimum atomic E-state index is -0.698. The summed E-state index contributed by atoms with van der Waals surface area (Å²) in [4.78, 5) is 22.8. The number of hydrogen-bond donors (Lipinski definition) is 1. The number of piperidine rings is 1. The molecular formula is C28H29Cl2FN4O4. The normalized spacial score (nSPS) is 22.7. The van der Waals surface area contributed by atoms with Crippen LogP contribution in [0, 0.1) is 5.82 Å². The molecule has 0 saturated carbocycles. The number of carbonyl (C=O) groups is 1. The molecule has 3 aliphatic rings. The fraction of sp³-hybridized carbons (Fsp3) is 0.393. The molecule has 2 aromatic carbocycles. The smallest absolute Gasteiger partial charge is 0.246 e. The number of nitrogens with zero attached hydrogens (tertiary/aromatic N) is 3. The lowest BCUT2D eigenvalue weighted by Crippen LogP contribution is -2.48. The van der Waals surface area contributed by atoms with E-state index in [1.165, 1.54) is 18.2 Å². The van der Waals surface area contributed by atoms with Crippen molar-refractivity contribution in [3.63, 3.8) is 0 Å². The van der Waals surface area contributed by atoms with Gasteiger partial charge in [0.05, 0.1) is 34.6 Å². The first-order chi connectivity index (χ1) is 18.8. The molecule has 8 nitrogen and oxygen atoms in total. The fourth-order valence-corrected chi connectivity index (χ4v) is 5.69. The van der Waals surface area contributed by atoms with Gasteiger partial charge in [-0.25, -0.2) is 4.39 Å². The number of amidine groups is 1. The van der Waals surface area contributed by atoms with Gasteiger partial charge < -0.3 is 24.4 Å². The first kappa shape index (κ1) is 27.4. The van der Waals surface area contributed by atoms with Crippen molar-refractivity contribution in [3.8, 4) is 11.5 Å². The van der Waals surface area contributed by atoms with Gasteiger partial charge in [0.15, 0.2) is 17.3 Å². The van der Waals surface area contributed by atoms with E-state index in [0.29, 0.717) is 54.6 Å². The summed E-state index contributed by atoms with van der Waals surface area (Å²) >= 11 is 12.0. The predicted octanol–water partition coefficient (Wildman–Crippen LogP) is 5.82. The van der Waals surface area contributed by atoms with Crippen molar-refractivity contribution in [2.45, 2.75) is 50.0 Å². The average molecular weight is 575 g/mol. The Labute approximate surface area is 236 Å². The summed E-state index contributed by atoms with van der Waals surface area (Å²) in [6.45, 7) is 8.31. The number of rotatable bonds is 8. The third kappa shape index (κ3) is 5.48. The summed E-state index contributed by atoms with van der Waals surface area (Å²) in [6, 6.07) is 6.69. The molecule has 0 spiro atoms. The molecule has 3 fully saturated rings. The zero-order chi connectivity index (χ0) is 27.7. The monoisotopic (exact) mass is 574 g/mol. The standard InChI is InChI=1S/C28H29Cl2FN4O4/c1-4-25(36)35-15-5-6-16(35)10-17(9-15)38-23-11-19(22(32-2)12-24(23)39-18-13-37-14-18)28(33-3)34-21-8-7-20(29)26(30)27(21)31/h4,7-8,11-12,15-18H,1-2,5-6,9-10,13-14H2,3H3,(H,33,34). The number of carbonyl (C=O) groups excluding carboxylic acids is 1. The molecule has 0 aliphatic carbocycles. The van der Waals surface area contributed by atoms with Crippen LogP contribution >= 0.6 is 23.2 Å². The summed E-state index contributed by atoms with van der Waals surface area (Å²) in [5.41, 5.74) is 1.11. The van der Waals surface area contributed by atoms with Crippen molar-refractivity contribution >= 4 is 53.0 Å². The van der Waals surface area contributed by atoms with Crippen molar-refractivity contribution in [3.05, 3.63) is 58.3 Å². The van der Waals surface area contributed by atoms with Crippen molar-refractivity contribution in [1.29, 1.82) is 0 Å². The van der Waals surface area contributed by atoms with Crippen LogP contribution < -0.4 is 14.8 Å². The maximum absolute atomic E-state index is 14.8. The SMILES string of the molecule is C=CC(=O)N1C2CCC1CC(Oc1cc(C(=NC)Nc3ccc(Cl)c(Cl)c3F)c(N=C)cc1OC1COC1)C2. The summed E-state index contributed by atoms with van der Waals surface area (Å²) in [5, 5.41) is 2.91. The number of fused-ring (bicyclic) bond motifs is 2. The van der Waals surface area contributed by atoms with Gasteiger partial charge in [0.25, 0.3) is 0 Å². The molecule has 1 N–H and O–H groups in total. The van der Waals surface area contributed by atoms with Crippen LogP contribution in [0.5, 0.6) is 11.5 Å². The zero-order valence-electron chi connectivity index (χ0n) is 21.5. The van der Waals surface area contributed by atoms with Crippen LogP contribution in [0.25, 0.3) is 0 Å². The number of amides is 1. The highest BCUT2D eigenvalue weighted by Gasteiger charge is 2.43. The van der Waals surface area contributed by atoms with Gasteiger partial charge in [-0.05, 0) is 43.8 Å². The molecule has 206 valence electrons. The number of anilines is 1. The summed E-state index contributed by atoms with van der Waals surface area (Å²) < 4.78 is 32.8. The number of hydrogen-bond acceptors (Lipinski definition) is 6. The van der Waals surface area contributed by atoms with E-state index >= 15 is 0 Å². The second kappa shape index (κ2) is 11.5. The van der Waals surface area contributed by atoms with E-state index in [0.717, 1.165) is 12.8 Å². The second-order valence-electron chi connectivity index (χ2n) is 9.72. The molecule has 2 atom stereocenters. The molecule has 5 rings (SSSR count). The lowest BCUT2D eigenvalue weighted by Gasteiger charge is -2.38. The Balaban J connectivity index is 1.46. The van der Waals surface area contributed by atoms with E-state index in [9.17, 15) is 9.18 Å². The van der Waals surface area contributed by atoms with Crippen LogP contribution in [0.3, 0.4) is 0 Å². The Bertz CT molecular complexity index is 1320. The molecule has 0 aromatic heterocycles. The van der Waals surface area contributed by atoms with Gasteiger partial charge in [0, 0.05) is 43.6 Å². The van der Waals surface area contributed by atoms with Gasteiger partial charge in [0.2, 0.25) is 5.91 Å². The first-order valence-electron chi connectivity index (χ1n) is 12.7. The molecule has 39 heavy (non-hydrogen) atoms. The highest BCUT2D eigenvalue weighted by Crippen LogP contribution is 2.42. The van der Waals surface area contributed by atoms with E-state index in [-0.39, 0.29) is 45.9 Å². The topological polar surface area (TPSA) is 84.8 Å². The molecule has 3 saturated heterocycles. The minimum absolute atomic E-state index is 0.0388. The summed E-state index contributed by atoms with van der Waals surface area (Å²) in [7, 11) is 1.57. The molecule has 3 heterocycles. The van der Waals surface area contributed by atoms with Gasteiger partial charge in [-0.3, -0.25) is 14.8 Å². The Kier molecular flexibility index (Phi) is 8.11. The minimum Gasteiger partial charge on any atom is -0.486 e. The van der Waals surface area contributed by atoms with Crippen LogP contribution in [0.4, 0.5) is 15.8 Å². The number of benzene rings is 2. The predicted molar refractivity (Wildman–Crippen MR) is 151 cm³/mol. The lowest BCUT2D eigenvalue weighted by atomic mass is 9.99. The number of ether oxygens (including phenoxy) is 3. The molecule has 2 bridgehead atoms. The van der Waals surface area contributed by atoms with Crippen LogP contribution in [-0.2, 0) is 9.53 Å². The molecule has 2 aromatic rings. The van der Waals surface area contributed by atoms with Crippen molar-refractivity contribution in [2.75, 3.05) is 25.6 Å². The van der Waals surface area contributed by atoms with E-state index in [2.05, 4.69) is 28.6 Å². The highest BCUT2D eigenvalue weighted by molar-refractivity contribution is 6.42. The summed E-state index contributed by atoms with van der Waals surface area (Å²) in [5.74, 6) is 0.584. The van der Waals surface area contributed by atoms with E-state index in [4.69, 9.17) is 37.4 Å². The second-order valence-corrected chi connectivity index (χ2v) is 10.5. The van der Waals surface area contributed by atoms with E-state index < -0.39 is 5.82 Å². The van der Waals surface area contributed by atoms with Gasteiger partial charge in [-0.1, -0.05) is 29.8 Å². The third-order valence-corrected chi connectivity index (χ3v) is 8.09. The first-order valence-corrected chi connectivity index (χ1v) is 13.5. The number of halogens is 3. The van der Waals surface area contributed by atoms with E-state index in [1.54, 1.807) is 19.2 Å². The van der Waals surface area contributed by atoms with Crippen LogP contribution in [0.1, 0.15) is 31.2 Å². The van der Waals surface area contributed by atoms with Gasteiger partial charge in [-0.15, -0.1) is 0 Å². The van der Waals surface area contributed by atoms with E-state index in [1.807, 2.05) is 4.90 Å². The third-order valence-electron chi connectivity index (χ3n) is 7.31. The zero-order valence-corrected chi connectivity index (χ0v) is 23.0. The van der Waals surface area contributed by atoms with Gasteiger partial charge in [-0.2, -0.15) is 0 Å². The average Bonchev–Trinajstić information content (AvgIpc) is 3.19. The molecule has 1 amide bonds. The molecule has 11 heteroatoms. The van der Waals surface area contributed by atoms with Crippen LogP contribution in [-0.4, -0.2) is 67.9 Å². The maximum atomic E-state index is 14.8. The van der Waals surface area contributed by atoms with Crippen LogP contribution in [0.2, 0.25) is 10.0 Å². The Morgan fingerprint density at radius 1 is 1.15 bits per heavy atom. The van der Waals surface area contributed by atoms with Gasteiger partial charge >= 0.3 is 0 Å². The summed E-state index contributed by atoms with van der Waals surface area (Å²) in [6.07, 6.45) is 4.39. The Morgan fingerprint density at radius 3 is 2.41 bits per heavy atom. The maximum Gasteiger partial charge on any atom is 0.246 e. The Hall–Kier alpha value is -3.14. The lowest BCUT2D eigenvalue weighted by molar-refractivity contribution is -0.131. The Morgan fingerprint density at radius 2 is 1.82 bits per heavy atom. The molecule has 3 aliphatic heterocycles. The molecule has 0 radical (unpaired) electrons. The van der Waals surface area contributed by atoms with Crippen molar-refractivity contribution in [1.82, 2.24) is 4.90 Å². The molecular weight excluding hydrogens is 546 g/mol. The van der Waals surface area contributed by atoms with Gasteiger partial charge in [0.1, 0.15) is 18.0 Å². The van der Waals surface area contributed by atoms with Crippen molar-refractivity contribution in [2.24, 2.45) is 9.98 Å². The van der Waals surface area contributed by atoms with Crippen molar-refractivity contribution < 1.29 is 23.4 Å².